The van der Waals surface area contributed by atoms with E-state index in [1.807, 2.05) is 6.92 Å². The maximum Gasteiger partial charge on any atom is 0.241 e. The molecule has 1 aromatic carbocycles. The van der Waals surface area contributed by atoms with Gasteiger partial charge in [0.25, 0.3) is 0 Å². The van der Waals surface area contributed by atoms with Crippen LogP contribution in [0.15, 0.2) is 24.3 Å². The first-order chi connectivity index (χ1) is 9.53. The third-order valence-corrected chi connectivity index (χ3v) is 3.66. The number of hydrogen-bond acceptors (Lipinski definition) is 3. The fourth-order valence-corrected chi connectivity index (χ4v) is 2.27. The summed E-state index contributed by atoms with van der Waals surface area (Å²) in [5.41, 5.74) is 1.21. The van der Waals surface area contributed by atoms with Crippen LogP contribution in [0, 0.1) is 11.3 Å². The summed E-state index contributed by atoms with van der Waals surface area (Å²) in [6, 6.07) is 9.21. The molecule has 4 nitrogen and oxygen atoms in total. The van der Waals surface area contributed by atoms with Crippen molar-refractivity contribution in [1.82, 2.24) is 4.90 Å². The monoisotopic (exact) mass is 273 g/mol. The predicted molar refractivity (Wildman–Crippen MR) is 81.4 cm³/mol. The smallest absolute Gasteiger partial charge is 0.241 e. The third-order valence-electron chi connectivity index (χ3n) is 3.66. The van der Waals surface area contributed by atoms with Crippen LogP contribution in [0.4, 0.5) is 5.69 Å². The van der Waals surface area contributed by atoms with Crippen molar-refractivity contribution in [3.05, 3.63) is 29.8 Å². The second-order valence-corrected chi connectivity index (χ2v) is 4.95. The van der Waals surface area contributed by atoms with Crippen molar-refractivity contribution in [3.63, 3.8) is 0 Å². The molecule has 20 heavy (non-hydrogen) atoms. The van der Waals surface area contributed by atoms with Crippen molar-refractivity contribution in [2.45, 2.75) is 46.2 Å². The van der Waals surface area contributed by atoms with Crippen LogP contribution >= 0.6 is 0 Å². The lowest BCUT2D eigenvalue weighted by Gasteiger charge is -2.32. The number of benzene rings is 1. The van der Waals surface area contributed by atoms with Gasteiger partial charge in [-0.25, -0.2) is 0 Å². The zero-order valence-corrected chi connectivity index (χ0v) is 12.7. The van der Waals surface area contributed by atoms with Gasteiger partial charge < -0.3 is 5.32 Å². The van der Waals surface area contributed by atoms with Crippen LogP contribution in [-0.2, 0) is 4.79 Å². The van der Waals surface area contributed by atoms with Gasteiger partial charge in [-0.05, 0) is 45.0 Å². The first kappa shape index (κ1) is 16.2. The number of nitrogens with zero attached hydrogens (tertiary/aromatic N) is 2. The zero-order chi connectivity index (χ0) is 15.1. The van der Waals surface area contributed by atoms with E-state index in [2.05, 4.69) is 37.1 Å². The highest BCUT2D eigenvalue weighted by Crippen LogP contribution is 2.13. The molecule has 4 heteroatoms. The molecule has 0 saturated carbocycles. The van der Waals surface area contributed by atoms with E-state index in [0.29, 0.717) is 17.3 Å². The maximum atomic E-state index is 12.3. The summed E-state index contributed by atoms with van der Waals surface area (Å²) in [5.74, 6) is -0.0396. The zero-order valence-electron chi connectivity index (χ0n) is 12.7. The van der Waals surface area contributed by atoms with Crippen LogP contribution in [0.3, 0.4) is 0 Å². The normalized spacial score (nSPS) is 13.6. The molecule has 108 valence electrons. The molecule has 0 aliphatic carbocycles. The highest BCUT2D eigenvalue weighted by atomic mass is 16.2. The Morgan fingerprint density at radius 2 is 2.10 bits per heavy atom. The molecule has 1 aromatic rings. The minimum absolute atomic E-state index is 0.0396. The van der Waals surface area contributed by atoms with Gasteiger partial charge in [0.2, 0.25) is 5.91 Å². The average molecular weight is 273 g/mol. The molecule has 0 bridgehead atoms. The van der Waals surface area contributed by atoms with Crippen LogP contribution in [0.2, 0.25) is 0 Å². The number of rotatable bonds is 6. The Hall–Kier alpha value is -1.86. The fraction of sp³-hybridized carbons (Fsp3) is 0.500. The number of likely N-dealkylation sites (N-methyl/N-ethyl adjacent to an activating group) is 1. The lowest BCUT2D eigenvalue weighted by molar-refractivity contribution is -0.121. The first-order valence-corrected chi connectivity index (χ1v) is 7.10. The number of carbonyl (C=O) groups is 1. The number of anilines is 1. The number of carbonyl (C=O) groups excluding carboxylic acids is 1. The van der Waals surface area contributed by atoms with Crippen LogP contribution in [0.1, 0.15) is 39.7 Å². The van der Waals surface area contributed by atoms with Gasteiger partial charge in [0, 0.05) is 11.7 Å². The van der Waals surface area contributed by atoms with E-state index in [1.54, 1.807) is 24.3 Å². The molecule has 2 unspecified atom stereocenters. The quantitative estimate of drug-likeness (QED) is 0.866. The van der Waals surface area contributed by atoms with Gasteiger partial charge in [-0.15, -0.1) is 0 Å². The lowest BCUT2D eigenvalue weighted by Crippen LogP contribution is -2.46. The third kappa shape index (κ3) is 4.07. The topological polar surface area (TPSA) is 56.1 Å². The summed E-state index contributed by atoms with van der Waals surface area (Å²) >= 11 is 0. The fourth-order valence-electron chi connectivity index (χ4n) is 2.27. The molecule has 1 amide bonds. The molecular formula is C16H23N3O. The number of amides is 1. The summed E-state index contributed by atoms with van der Waals surface area (Å²) in [4.78, 5) is 14.5. The molecular weight excluding hydrogens is 250 g/mol. The van der Waals surface area contributed by atoms with Crippen molar-refractivity contribution in [1.29, 1.82) is 5.26 Å². The van der Waals surface area contributed by atoms with E-state index in [4.69, 9.17) is 5.26 Å². The van der Waals surface area contributed by atoms with Crippen LogP contribution < -0.4 is 5.32 Å². The van der Waals surface area contributed by atoms with Gasteiger partial charge in [-0.3, -0.25) is 9.69 Å². The van der Waals surface area contributed by atoms with Gasteiger partial charge in [0.05, 0.1) is 17.7 Å². The van der Waals surface area contributed by atoms with Crippen molar-refractivity contribution in [3.8, 4) is 6.07 Å². The Morgan fingerprint density at radius 1 is 1.40 bits per heavy atom. The molecule has 1 N–H and O–H groups in total. The second kappa shape index (κ2) is 7.66. The van der Waals surface area contributed by atoms with Crippen LogP contribution in [0.25, 0.3) is 0 Å². The molecule has 0 radical (unpaired) electrons. The SMILES string of the molecule is CCC(C)N(CC)C(C)C(=O)Nc1cccc(C#N)c1. The van der Waals surface area contributed by atoms with E-state index in [0.717, 1.165) is 13.0 Å². The van der Waals surface area contributed by atoms with Gasteiger partial charge in [0.1, 0.15) is 0 Å². The molecule has 0 aliphatic rings. The standard InChI is InChI=1S/C16H23N3O/c1-5-12(3)19(6-2)13(4)16(20)18-15-9-7-8-14(10-15)11-17/h7-10,12-13H,5-6H2,1-4H3,(H,18,20). The van der Waals surface area contributed by atoms with Crippen LogP contribution in [0.5, 0.6) is 0 Å². The molecule has 1 rings (SSSR count). The number of nitriles is 1. The van der Waals surface area contributed by atoms with E-state index in [9.17, 15) is 4.79 Å². The van der Waals surface area contributed by atoms with Gasteiger partial charge in [-0.2, -0.15) is 5.26 Å². The molecule has 0 aliphatic heterocycles. The summed E-state index contributed by atoms with van der Waals surface area (Å²) in [7, 11) is 0. The Bertz CT molecular complexity index is 493. The molecule has 0 saturated heterocycles. The Labute approximate surface area is 121 Å². The van der Waals surface area contributed by atoms with Crippen LogP contribution in [-0.4, -0.2) is 29.4 Å². The van der Waals surface area contributed by atoms with E-state index in [1.165, 1.54) is 0 Å². The second-order valence-electron chi connectivity index (χ2n) is 4.95. The van der Waals surface area contributed by atoms with E-state index in [-0.39, 0.29) is 11.9 Å². The highest BCUT2D eigenvalue weighted by Gasteiger charge is 2.23. The molecule has 0 fully saturated rings. The highest BCUT2D eigenvalue weighted by molar-refractivity contribution is 5.94. The minimum Gasteiger partial charge on any atom is -0.325 e. The Kier molecular flexibility index (Phi) is 6.20. The Morgan fingerprint density at radius 3 is 2.65 bits per heavy atom. The van der Waals surface area contributed by atoms with Crippen molar-refractivity contribution in [2.75, 3.05) is 11.9 Å². The summed E-state index contributed by atoms with van der Waals surface area (Å²) in [6.07, 6.45) is 1.01. The molecule has 0 heterocycles. The number of nitrogens with one attached hydrogen (secondary N) is 1. The first-order valence-electron chi connectivity index (χ1n) is 7.10. The summed E-state index contributed by atoms with van der Waals surface area (Å²) < 4.78 is 0. The van der Waals surface area contributed by atoms with Gasteiger partial charge in [0.15, 0.2) is 0 Å². The summed E-state index contributed by atoms with van der Waals surface area (Å²) in [6.45, 7) is 9.06. The molecule has 0 aromatic heterocycles. The van der Waals surface area contributed by atoms with E-state index >= 15 is 0 Å². The van der Waals surface area contributed by atoms with Crippen molar-refractivity contribution in [2.24, 2.45) is 0 Å². The summed E-state index contributed by atoms with van der Waals surface area (Å²) in [5, 5.41) is 11.7. The van der Waals surface area contributed by atoms with E-state index < -0.39 is 0 Å². The van der Waals surface area contributed by atoms with Crippen molar-refractivity contribution >= 4 is 11.6 Å². The Balaban J connectivity index is 2.76. The predicted octanol–water partition coefficient (Wildman–Crippen LogP) is 3.01. The lowest BCUT2D eigenvalue weighted by atomic mass is 10.1. The largest absolute Gasteiger partial charge is 0.325 e. The maximum absolute atomic E-state index is 12.3. The molecule has 0 spiro atoms. The number of hydrogen-bond donors (Lipinski definition) is 1. The average Bonchev–Trinajstić information content (AvgIpc) is 2.47. The minimum atomic E-state index is -0.194. The van der Waals surface area contributed by atoms with Crippen molar-refractivity contribution < 1.29 is 4.79 Å². The van der Waals surface area contributed by atoms with Gasteiger partial charge in [-0.1, -0.05) is 19.9 Å². The van der Waals surface area contributed by atoms with Gasteiger partial charge >= 0.3 is 0 Å². The molecule has 2 atom stereocenters.